The quantitative estimate of drug-likeness (QED) is 0.840. The minimum atomic E-state index is -1.81. The number of aliphatic hydroxyl groups is 1. The number of halogens is 1. The second kappa shape index (κ2) is 5.20. The first-order chi connectivity index (χ1) is 9.35. The average molecular weight is 281 g/mol. The van der Waals surface area contributed by atoms with Crippen LogP contribution < -0.4 is 4.90 Å². The number of fused-ring (bicyclic) bond motifs is 1. The molecule has 5 nitrogen and oxygen atoms in total. The standard InChI is InChI=1S/C14H16FNO4/c1-14(19,13(18)20-2)8-16-11-5-4-10(15)7-9(11)3-6-12(16)17/h4-5,7,19H,3,6,8H2,1-2H3. The van der Waals surface area contributed by atoms with E-state index in [0.717, 1.165) is 7.11 Å². The summed E-state index contributed by atoms with van der Waals surface area (Å²) in [6.07, 6.45) is 0.663. The second-order valence-electron chi connectivity index (χ2n) is 5.02. The fraction of sp³-hybridized carbons (Fsp3) is 0.429. The molecule has 1 aromatic carbocycles. The van der Waals surface area contributed by atoms with Crippen molar-refractivity contribution in [1.82, 2.24) is 0 Å². The third-order valence-electron chi connectivity index (χ3n) is 3.33. The number of esters is 1. The van der Waals surface area contributed by atoms with Crippen LogP contribution in [0.1, 0.15) is 18.9 Å². The molecule has 0 radical (unpaired) electrons. The van der Waals surface area contributed by atoms with Gasteiger partial charge in [0.25, 0.3) is 0 Å². The number of aryl methyl sites for hydroxylation is 1. The summed E-state index contributed by atoms with van der Waals surface area (Å²) in [5, 5.41) is 10.1. The maximum absolute atomic E-state index is 13.2. The molecule has 20 heavy (non-hydrogen) atoms. The molecule has 1 aromatic rings. The highest BCUT2D eigenvalue weighted by Crippen LogP contribution is 2.29. The number of methoxy groups -OCH3 is 1. The molecule has 0 fully saturated rings. The lowest BCUT2D eigenvalue weighted by Gasteiger charge is -2.33. The maximum Gasteiger partial charge on any atom is 0.339 e. The molecule has 1 aliphatic heterocycles. The highest BCUT2D eigenvalue weighted by atomic mass is 19.1. The third-order valence-corrected chi connectivity index (χ3v) is 3.33. The fourth-order valence-corrected chi connectivity index (χ4v) is 2.29. The molecule has 0 aromatic heterocycles. The molecule has 0 aliphatic carbocycles. The monoisotopic (exact) mass is 281 g/mol. The molecule has 0 bridgehead atoms. The zero-order valence-electron chi connectivity index (χ0n) is 11.4. The predicted molar refractivity (Wildman–Crippen MR) is 69.7 cm³/mol. The first-order valence-electron chi connectivity index (χ1n) is 6.25. The zero-order valence-corrected chi connectivity index (χ0v) is 11.4. The molecule has 6 heteroatoms. The topological polar surface area (TPSA) is 66.8 Å². The van der Waals surface area contributed by atoms with E-state index in [9.17, 15) is 19.1 Å². The van der Waals surface area contributed by atoms with E-state index < -0.39 is 11.6 Å². The van der Waals surface area contributed by atoms with Gasteiger partial charge in [-0.2, -0.15) is 0 Å². The first-order valence-corrected chi connectivity index (χ1v) is 6.25. The average Bonchev–Trinajstić information content (AvgIpc) is 2.41. The molecule has 1 atom stereocenters. The largest absolute Gasteiger partial charge is 0.467 e. The molecule has 1 N–H and O–H groups in total. The number of amides is 1. The van der Waals surface area contributed by atoms with Crippen molar-refractivity contribution < 1.29 is 23.8 Å². The van der Waals surface area contributed by atoms with E-state index >= 15 is 0 Å². The van der Waals surface area contributed by atoms with Crippen LogP contribution in [0.4, 0.5) is 10.1 Å². The van der Waals surface area contributed by atoms with Crippen LogP contribution in [0.15, 0.2) is 18.2 Å². The van der Waals surface area contributed by atoms with Crippen LogP contribution in [0, 0.1) is 5.82 Å². The summed E-state index contributed by atoms with van der Waals surface area (Å²) in [6, 6.07) is 4.09. The van der Waals surface area contributed by atoms with Crippen LogP contribution >= 0.6 is 0 Å². The Labute approximate surface area is 116 Å². The Morgan fingerprint density at radius 3 is 2.85 bits per heavy atom. The highest BCUT2D eigenvalue weighted by molar-refractivity contribution is 5.97. The minimum Gasteiger partial charge on any atom is -0.467 e. The highest BCUT2D eigenvalue weighted by Gasteiger charge is 2.37. The van der Waals surface area contributed by atoms with Gasteiger partial charge in [0.2, 0.25) is 5.91 Å². The molecule has 1 aliphatic rings. The van der Waals surface area contributed by atoms with Gasteiger partial charge in [-0.3, -0.25) is 4.79 Å². The van der Waals surface area contributed by atoms with Crippen molar-refractivity contribution in [2.75, 3.05) is 18.6 Å². The van der Waals surface area contributed by atoms with Crippen LogP contribution in [0.2, 0.25) is 0 Å². The molecule has 0 saturated carbocycles. The Morgan fingerprint density at radius 2 is 2.20 bits per heavy atom. The van der Waals surface area contributed by atoms with Crippen LogP contribution in [0.5, 0.6) is 0 Å². The van der Waals surface area contributed by atoms with E-state index in [2.05, 4.69) is 4.74 Å². The molecular weight excluding hydrogens is 265 g/mol. The molecule has 1 unspecified atom stereocenters. The smallest absolute Gasteiger partial charge is 0.339 e. The molecule has 108 valence electrons. The van der Waals surface area contributed by atoms with E-state index in [4.69, 9.17) is 0 Å². The number of β-amino-alcohol motifs (C(OH)–C–C–N with tert-alkyl or cyclic N) is 1. The zero-order chi connectivity index (χ0) is 14.9. The Bertz CT molecular complexity index is 556. The van der Waals surface area contributed by atoms with E-state index in [0.29, 0.717) is 17.7 Å². The van der Waals surface area contributed by atoms with Crippen molar-refractivity contribution >= 4 is 17.6 Å². The van der Waals surface area contributed by atoms with Crippen LogP contribution in [-0.2, 0) is 20.7 Å². The van der Waals surface area contributed by atoms with E-state index in [1.165, 1.54) is 30.0 Å². The SMILES string of the molecule is COC(=O)C(C)(O)CN1C(=O)CCc2cc(F)ccc21. The Balaban J connectivity index is 2.33. The summed E-state index contributed by atoms with van der Waals surface area (Å²) in [6.45, 7) is 1.06. The van der Waals surface area contributed by atoms with Gasteiger partial charge in [-0.25, -0.2) is 9.18 Å². The molecular formula is C14H16FNO4. The second-order valence-corrected chi connectivity index (χ2v) is 5.02. The first kappa shape index (κ1) is 14.5. The molecule has 1 amide bonds. The number of carbonyl (C=O) groups is 2. The van der Waals surface area contributed by atoms with E-state index in [1.807, 2.05) is 0 Å². The number of carbonyl (C=O) groups excluding carboxylic acids is 2. The Morgan fingerprint density at radius 1 is 1.50 bits per heavy atom. The van der Waals surface area contributed by atoms with Gasteiger partial charge in [0.05, 0.1) is 13.7 Å². The van der Waals surface area contributed by atoms with Gasteiger partial charge in [-0.05, 0) is 37.1 Å². The Kier molecular flexibility index (Phi) is 3.76. The lowest BCUT2D eigenvalue weighted by Crippen LogP contribution is -2.50. The van der Waals surface area contributed by atoms with Crippen molar-refractivity contribution in [3.05, 3.63) is 29.6 Å². The maximum atomic E-state index is 13.2. The summed E-state index contributed by atoms with van der Waals surface area (Å²) in [4.78, 5) is 24.8. The van der Waals surface area contributed by atoms with Crippen LogP contribution in [0.3, 0.4) is 0 Å². The van der Waals surface area contributed by atoms with Gasteiger partial charge in [0.1, 0.15) is 5.82 Å². The number of rotatable bonds is 3. The molecule has 2 rings (SSSR count). The Hall–Kier alpha value is -1.95. The van der Waals surface area contributed by atoms with Gasteiger partial charge in [0.15, 0.2) is 5.60 Å². The number of benzene rings is 1. The molecule has 1 heterocycles. The van der Waals surface area contributed by atoms with Gasteiger partial charge >= 0.3 is 5.97 Å². The minimum absolute atomic E-state index is 0.215. The van der Waals surface area contributed by atoms with Gasteiger partial charge in [-0.1, -0.05) is 0 Å². The van der Waals surface area contributed by atoms with Gasteiger partial charge in [-0.15, -0.1) is 0 Å². The number of hydrogen-bond donors (Lipinski definition) is 1. The van der Waals surface area contributed by atoms with Crippen molar-refractivity contribution in [1.29, 1.82) is 0 Å². The summed E-state index contributed by atoms with van der Waals surface area (Å²) in [5.74, 6) is -1.41. The normalized spacial score (nSPS) is 17.4. The van der Waals surface area contributed by atoms with E-state index in [1.54, 1.807) is 0 Å². The lowest BCUT2D eigenvalue weighted by molar-refractivity contribution is -0.159. The van der Waals surface area contributed by atoms with Gasteiger partial charge in [0, 0.05) is 12.1 Å². The fourth-order valence-electron chi connectivity index (χ4n) is 2.29. The van der Waals surface area contributed by atoms with Gasteiger partial charge < -0.3 is 14.7 Å². The van der Waals surface area contributed by atoms with Crippen LogP contribution in [0.25, 0.3) is 0 Å². The van der Waals surface area contributed by atoms with Crippen molar-refractivity contribution in [2.45, 2.75) is 25.4 Å². The number of nitrogens with zero attached hydrogens (tertiary/aromatic N) is 1. The van der Waals surface area contributed by atoms with Crippen molar-refractivity contribution in [3.63, 3.8) is 0 Å². The van der Waals surface area contributed by atoms with Crippen molar-refractivity contribution in [3.8, 4) is 0 Å². The summed E-state index contributed by atoms with van der Waals surface area (Å²) < 4.78 is 17.7. The summed E-state index contributed by atoms with van der Waals surface area (Å²) in [5.41, 5.74) is -0.606. The molecule has 0 spiro atoms. The predicted octanol–water partition coefficient (Wildman–Crippen LogP) is 1.03. The molecule has 0 saturated heterocycles. The number of hydrogen-bond acceptors (Lipinski definition) is 4. The lowest BCUT2D eigenvalue weighted by atomic mass is 9.98. The van der Waals surface area contributed by atoms with Crippen molar-refractivity contribution in [2.24, 2.45) is 0 Å². The summed E-state index contributed by atoms with van der Waals surface area (Å²) >= 11 is 0. The number of ether oxygens (including phenoxy) is 1. The van der Waals surface area contributed by atoms with Crippen LogP contribution in [-0.4, -0.2) is 36.2 Å². The number of anilines is 1. The van der Waals surface area contributed by atoms with E-state index in [-0.39, 0.29) is 24.7 Å². The third kappa shape index (κ3) is 2.65. The summed E-state index contributed by atoms with van der Waals surface area (Å²) in [7, 11) is 1.16.